The van der Waals surface area contributed by atoms with Crippen LogP contribution in [-0.2, 0) is 34.7 Å². The molecule has 15 heteroatoms. The van der Waals surface area contributed by atoms with Crippen LogP contribution >= 0.6 is 11.8 Å². The molecule has 0 radical (unpaired) electrons. The van der Waals surface area contributed by atoms with Crippen LogP contribution in [0.1, 0.15) is 36.2 Å². The molecule has 2 aromatic carbocycles. The van der Waals surface area contributed by atoms with E-state index < -0.39 is 11.4 Å². The number of pyridine rings is 1. The number of methoxy groups -OCH3 is 4. The smallest absolute Gasteiger partial charge is 0.230 e. The summed E-state index contributed by atoms with van der Waals surface area (Å²) < 4.78 is 29.1. The van der Waals surface area contributed by atoms with Gasteiger partial charge in [-0.25, -0.2) is 9.97 Å². The predicted octanol–water partition coefficient (Wildman–Crippen LogP) is 5.22. The fourth-order valence-corrected chi connectivity index (χ4v) is 6.66. The summed E-state index contributed by atoms with van der Waals surface area (Å²) >= 11 is 1.38. The number of benzene rings is 2. The van der Waals surface area contributed by atoms with E-state index in [-0.39, 0.29) is 13.2 Å². The number of aromatic nitrogens is 6. The molecule has 1 unspecified atom stereocenters. The number of rotatable bonds is 16. The maximum atomic E-state index is 10.4. The molecule has 1 aliphatic rings. The third-order valence-corrected chi connectivity index (χ3v) is 10.0. The quantitative estimate of drug-likeness (QED) is 0.0776. The molecule has 3 aromatic heterocycles. The molecule has 0 saturated heterocycles. The Kier molecular flexibility index (Phi) is 11.1. The first kappa shape index (κ1) is 36.8. The molecular weight excluding hydrogens is 685 g/mol. The highest BCUT2D eigenvalue weighted by molar-refractivity contribution is 7.98. The zero-order chi connectivity index (χ0) is 36.9. The van der Waals surface area contributed by atoms with Crippen molar-refractivity contribution in [3.05, 3.63) is 89.2 Å². The molecule has 52 heavy (non-hydrogen) atoms. The number of H-pyrrole nitrogens is 1. The van der Waals surface area contributed by atoms with Crippen LogP contribution in [0.3, 0.4) is 0 Å². The summed E-state index contributed by atoms with van der Waals surface area (Å²) in [7, 11) is 6.41. The van der Waals surface area contributed by atoms with Gasteiger partial charge in [-0.1, -0.05) is 42.1 Å². The van der Waals surface area contributed by atoms with Gasteiger partial charge in [0.2, 0.25) is 17.3 Å². The second kappa shape index (κ2) is 15.7. The lowest BCUT2D eigenvalue weighted by Crippen LogP contribution is -2.55. The molecule has 0 bridgehead atoms. The lowest BCUT2D eigenvalue weighted by Gasteiger charge is -2.44. The van der Waals surface area contributed by atoms with E-state index in [1.54, 1.807) is 41.6 Å². The molecule has 0 spiro atoms. The Morgan fingerprint density at radius 1 is 0.846 bits per heavy atom. The van der Waals surface area contributed by atoms with Gasteiger partial charge in [0.25, 0.3) is 0 Å². The molecular formula is C37H44N8O6S. The number of aromatic amines is 1. The fourth-order valence-electron chi connectivity index (χ4n) is 6.30. The largest absolute Gasteiger partial charge is 0.497 e. The van der Waals surface area contributed by atoms with E-state index in [9.17, 15) is 5.11 Å². The van der Waals surface area contributed by atoms with Gasteiger partial charge in [0.05, 0.1) is 20.8 Å². The van der Waals surface area contributed by atoms with Crippen LogP contribution in [0.25, 0.3) is 11.3 Å². The Hall–Kier alpha value is -4.96. The summed E-state index contributed by atoms with van der Waals surface area (Å²) in [6, 6.07) is 20.0. The number of fused-ring (bicyclic) bond motifs is 3. The number of nitrogens with zero attached hydrogens (tertiary/aromatic N) is 7. The van der Waals surface area contributed by atoms with Gasteiger partial charge < -0.3 is 38.6 Å². The van der Waals surface area contributed by atoms with Crippen LogP contribution < -0.4 is 24.0 Å². The molecule has 6 rings (SSSR count). The second-order valence-electron chi connectivity index (χ2n) is 12.4. The number of anilines is 2. The van der Waals surface area contributed by atoms with Crippen molar-refractivity contribution in [3.8, 4) is 28.6 Å². The Bertz CT molecular complexity index is 1910. The minimum atomic E-state index is -1.24. The van der Waals surface area contributed by atoms with Crippen molar-refractivity contribution < 1.29 is 28.8 Å². The zero-order valence-electron chi connectivity index (χ0n) is 30.4. The molecule has 2 N–H and O–H groups in total. The van der Waals surface area contributed by atoms with Crippen LogP contribution in [0.5, 0.6) is 17.4 Å². The number of aliphatic hydroxyl groups excluding tert-OH is 1. The van der Waals surface area contributed by atoms with E-state index in [0.29, 0.717) is 53.4 Å². The Balaban J connectivity index is 1.43. The van der Waals surface area contributed by atoms with Crippen molar-refractivity contribution in [1.29, 1.82) is 0 Å². The normalized spacial score (nSPS) is 15.0. The number of thioether (sulfide) groups is 1. The molecule has 0 aliphatic carbocycles. The highest BCUT2D eigenvalue weighted by atomic mass is 32.2. The van der Waals surface area contributed by atoms with Gasteiger partial charge >= 0.3 is 0 Å². The monoisotopic (exact) mass is 728 g/mol. The Labute approximate surface area is 307 Å². The third kappa shape index (κ3) is 7.08. The summed E-state index contributed by atoms with van der Waals surface area (Å²) in [5, 5.41) is 22.7. The Morgan fingerprint density at radius 3 is 2.04 bits per heavy atom. The summed E-state index contributed by atoms with van der Waals surface area (Å²) in [5.41, 5.74) is 3.39. The average Bonchev–Trinajstić information content (AvgIpc) is 3.69. The molecule has 4 heterocycles. The maximum absolute atomic E-state index is 10.4. The summed E-state index contributed by atoms with van der Waals surface area (Å²) in [4.78, 5) is 18.9. The highest BCUT2D eigenvalue weighted by Gasteiger charge is 2.56. The van der Waals surface area contributed by atoms with Crippen LogP contribution in [-0.4, -0.2) is 89.1 Å². The lowest BCUT2D eigenvalue weighted by molar-refractivity contribution is -0.284. The highest BCUT2D eigenvalue weighted by Crippen LogP contribution is 2.51. The van der Waals surface area contributed by atoms with Gasteiger partial charge in [0.1, 0.15) is 40.1 Å². The van der Waals surface area contributed by atoms with Crippen LogP contribution in [0.2, 0.25) is 0 Å². The summed E-state index contributed by atoms with van der Waals surface area (Å²) in [6.07, 6.45) is 3.69. The first-order chi connectivity index (χ1) is 25.2. The van der Waals surface area contributed by atoms with E-state index in [0.717, 1.165) is 34.0 Å². The zero-order valence-corrected chi connectivity index (χ0v) is 31.2. The van der Waals surface area contributed by atoms with Crippen molar-refractivity contribution in [2.45, 2.75) is 50.0 Å². The van der Waals surface area contributed by atoms with Crippen molar-refractivity contribution in [1.82, 2.24) is 30.4 Å². The molecule has 0 amide bonds. The number of aliphatic hydroxyl groups is 1. The number of hydrogen-bond acceptors (Lipinski definition) is 14. The van der Waals surface area contributed by atoms with Crippen LogP contribution in [0.15, 0.2) is 72.0 Å². The van der Waals surface area contributed by atoms with Gasteiger partial charge in [-0.15, -0.1) is 0 Å². The number of hydrogen-bond donors (Lipinski definition) is 2. The van der Waals surface area contributed by atoms with E-state index in [1.165, 1.54) is 11.8 Å². The molecule has 14 nitrogen and oxygen atoms in total. The van der Waals surface area contributed by atoms with Gasteiger partial charge in [0, 0.05) is 52.2 Å². The third-order valence-electron chi connectivity index (χ3n) is 9.46. The SMILES string of the molecule is COc1ccc(CN(Cc2ccc(OC)cc2)c2ncccc2CN(CCO)c2nc(SC)nc3c2-c2n[nH]nc2C(C)(C(C)(OC)OC)O3)cc1. The van der Waals surface area contributed by atoms with Gasteiger partial charge in [-0.05, 0) is 61.6 Å². The average molecular weight is 729 g/mol. The summed E-state index contributed by atoms with van der Waals surface area (Å²) in [6.45, 7) is 5.22. The molecule has 0 fully saturated rings. The van der Waals surface area contributed by atoms with Crippen LogP contribution in [0, 0.1) is 0 Å². The molecule has 5 aromatic rings. The molecule has 274 valence electrons. The minimum absolute atomic E-state index is 0.139. The minimum Gasteiger partial charge on any atom is -0.497 e. The molecule has 1 aliphatic heterocycles. The first-order valence-electron chi connectivity index (χ1n) is 16.7. The maximum Gasteiger partial charge on any atom is 0.230 e. The lowest BCUT2D eigenvalue weighted by atomic mass is 9.87. The van der Waals surface area contributed by atoms with E-state index in [4.69, 9.17) is 38.6 Å². The van der Waals surface area contributed by atoms with E-state index >= 15 is 0 Å². The van der Waals surface area contributed by atoms with Gasteiger partial charge in [-0.3, -0.25) is 0 Å². The fraction of sp³-hybridized carbons (Fsp3) is 0.378. The molecule has 0 saturated carbocycles. The topological polar surface area (TPSA) is 153 Å². The first-order valence-corrected chi connectivity index (χ1v) is 17.9. The van der Waals surface area contributed by atoms with Gasteiger partial charge in [0.15, 0.2) is 5.16 Å². The van der Waals surface area contributed by atoms with Crippen molar-refractivity contribution in [3.63, 3.8) is 0 Å². The second-order valence-corrected chi connectivity index (χ2v) is 13.2. The van der Waals surface area contributed by atoms with Gasteiger partial charge in [-0.2, -0.15) is 20.4 Å². The molecule has 1 atom stereocenters. The van der Waals surface area contributed by atoms with E-state index in [1.807, 2.05) is 54.5 Å². The summed E-state index contributed by atoms with van der Waals surface area (Å²) in [5.74, 6) is 1.95. The van der Waals surface area contributed by atoms with Crippen molar-refractivity contribution >= 4 is 23.4 Å². The number of ether oxygens (including phenoxy) is 5. The van der Waals surface area contributed by atoms with Crippen molar-refractivity contribution in [2.75, 3.05) is 57.6 Å². The standard InChI is InChI=1S/C37H44N8O6S/c1-36(37(2,49-5)50-6)31-30(41-43-42-31)29-33(39-35(52-7)40-34(29)51-36)44(19-20-46)23-26-9-8-18-38-32(26)45(21-24-10-14-27(47-3)15-11-24)22-25-12-16-28(48-4)17-13-25/h8-18,46H,19-23H2,1-7H3,(H,41,42,43). The number of nitrogens with one attached hydrogen (secondary N) is 1. The van der Waals surface area contributed by atoms with Crippen LogP contribution in [0.4, 0.5) is 11.6 Å². The van der Waals surface area contributed by atoms with Crippen molar-refractivity contribution in [2.24, 2.45) is 0 Å². The predicted molar refractivity (Wildman–Crippen MR) is 198 cm³/mol. The Morgan fingerprint density at radius 2 is 1.48 bits per heavy atom. The van der Waals surface area contributed by atoms with E-state index in [2.05, 4.69) is 44.6 Å².